The topological polar surface area (TPSA) is 47.3 Å². The van der Waals surface area contributed by atoms with Crippen LogP contribution in [0.3, 0.4) is 0 Å². The highest BCUT2D eigenvalue weighted by Crippen LogP contribution is 2.17. The molecule has 86 valence electrons. The van der Waals surface area contributed by atoms with E-state index in [1.54, 1.807) is 11.8 Å². The van der Waals surface area contributed by atoms with E-state index in [2.05, 4.69) is 5.10 Å². The van der Waals surface area contributed by atoms with Crippen molar-refractivity contribution in [1.29, 1.82) is 0 Å². The van der Waals surface area contributed by atoms with Gasteiger partial charge in [0.1, 0.15) is 0 Å². The van der Waals surface area contributed by atoms with E-state index < -0.39 is 5.60 Å². The van der Waals surface area contributed by atoms with Gasteiger partial charge in [-0.05, 0) is 31.7 Å². The van der Waals surface area contributed by atoms with Gasteiger partial charge in [-0.25, -0.2) is 0 Å². The second-order valence-corrected chi connectivity index (χ2v) is 4.26. The Labute approximate surface area is 90.9 Å². The number of nitrogens with zero attached hydrogens (tertiary/aromatic N) is 2. The summed E-state index contributed by atoms with van der Waals surface area (Å²) < 4.78 is 6.73. The zero-order valence-corrected chi connectivity index (χ0v) is 9.73. The normalized spacial score (nSPS) is 15.2. The number of aryl methyl sites for hydroxylation is 2. The van der Waals surface area contributed by atoms with Crippen LogP contribution in [0.25, 0.3) is 0 Å². The maximum absolute atomic E-state index is 10.0. The summed E-state index contributed by atoms with van der Waals surface area (Å²) in [6.07, 6.45) is 6.08. The molecule has 1 N–H and O–H groups in total. The molecule has 0 amide bonds. The van der Waals surface area contributed by atoms with Crippen molar-refractivity contribution in [1.82, 2.24) is 9.78 Å². The molecule has 0 aliphatic heterocycles. The molecule has 1 aromatic heterocycles. The van der Waals surface area contributed by atoms with Crippen LogP contribution in [-0.4, -0.2) is 34.2 Å². The molecule has 0 aliphatic rings. The summed E-state index contributed by atoms with van der Waals surface area (Å²) in [7, 11) is 3.55. The minimum Gasteiger partial charge on any atom is -0.390 e. The lowest BCUT2D eigenvalue weighted by atomic mass is 9.95. The third kappa shape index (κ3) is 4.44. The predicted octanol–water partition coefficient (Wildman–Crippen LogP) is 1.14. The minimum atomic E-state index is -0.647. The van der Waals surface area contributed by atoms with Crippen LogP contribution < -0.4 is 0 Å². The fraction of sp³-hybridized carbons (Fsp3) is 0.727. The Balaban J connectivity index is 2.35. The Kier molecular flexibility index (Phi) is 4.29. The van der Waals surface area contributed by atoms with Crippen LogP contribution in [0, 0.1) is 0 Å². The van der Waals surface area contributed by atoms with Gasteiger partial charge in [0.15, 0.2) is 0 Å². The van der Waals surface area contributed by atoms with E-state index in [1.807, 2.05) is 26.4 Å². The largest absolute Gasteiger partial charge is 0.390 e. The van der Waals surface area contributed by atoms with Crippen LogP contribution in [-0.2, 0) is 18.2 Å². The first-order valence-corrected chi connectivity index (χ1v) is 5.22. The Bertz CT molecular complexity index is 295. The quantitative estimate of drug-likeness (QED) is 0.769. The van der Waals surface area contributed by atoms with Crippen molar-refractivity contribution in [3.63, 3.8) is 0 Å². The molecule has 1 rings (SSSR count). The molecule has 0 saturated carbocycles. The Morgan fingerprint density at radius 1 is 1.53 bits per heavy atom. The van der Waals surface area contributed by atoms with E-state index in [9.17, 15) is 5.11 Å². The van der Waals surface area contributed by atoms with E-state index in [0.717, 1.165) is 18.4 Å². The fourth-order valence-corrected chi connectivity index (χ4v) is 1.46. The van der Waals surface area contributed by atoms with E-state index in [1.165, 1.54) is 0 Å². The monoisotopic (exact) mass is 212 g/mol. The first-order valence-electron chi connectivity index (χ1n) is 5.22. The molecule has 4 heteroatoms. The highest BCUT2D eigenvalue weighted by molar-refractivity contribution is 5.04. The molecule has 1 heterocycles. The molecule has 0 fully saturated rings. The number of aromatic nitrogens is 2. The summed E-state index contributed by atoms with van der Waals surface area (Å²) in [6, 6.07) is 0. The lowest BCUT2D eigenvalue weighted by Crippen LogP contribution is -2.26. The van der Waals surface area contributed by atoms with Crippen LogP contribution in [0.15, 0.2) is 12.4 Å². The van der Waals surface area contributed by atoms with E-state index in [-0.39, 0.29) is 0 Å². The first-order chi connectivity index (χ1) is 7.03. The molecule has 0 bridgehead atoms. The molecule has 0 saturated heterocycles. The molecule has 1 unspecified atom stereocenters. The summed E-state index contributed by atoms with van der Waals surface area (Å²) in [4.78, 5) is 0. The lowest BCUT2D eigenvalue weighted by Gasteiger charge is -2.22. The highest BCUT2D eigenvalue weighted by atomic mass is 16.5. The van der Waals surface area contributed by atoms with Crippen LogP contribution in [0.1, 0.15) is 25.3 Å². The second-order valence-electron chi connectivity index (χ2n) is 4.26. The van der Waals surface area contributed by atoms with Gasteiger partial charge in [0.25, 0.3) is 0 Å². The zero-order chi connectivity index (χ0) is 11.3. The fourth-order valence-electron chi connectivity index (χ4n) is 1.46. The van der Waals surface area contributed by atoms with Crippen molar-refractivity contribution in [3.8, 4) is 0 Å². The third-order valence-electron chi connectivity index (χ3n) is 2.56. The van der Waals surface area contributed by atoms with Gasteiger partial charge in [0, 0.05) is 27.0 Å². The number of ether oxygens (including phenoxy) is 1. The van der Waals surface area contributed by atoms with Crippen molar-refractivity contribution in [2.75, 3.05) is 13.7 Å². The molecule has 15 heavy (non-hydrogen) atoms. The molecule has 0 spiro atoms. The average molecular weight is 212 g/mol. The smallest absolute Gasteiger partial charge is 0.0644 e. The van der Waals surface area contributed by atoms with Crippen molar-refractivity contribution in [3.05, 3.63) is 18.0 Å². The summed E-state index contributed by atoms with van der Waals surface area (Å²) in [5.74, 6) is 0. The summed E-state index contributed by atoms with van der Waals surface area (Å²) in [6.45, 7) is 2.45. The molecular formula is C11H20N2O2. The third-order valence-corrected chi connectivity index (χ3v) is 2.56. The maximum Gasteiger partial charge on any atom is 0.0644 e. The average Bonchev–Trinajstić information content (AvgIpc) is 2.59. The lowest BCUT2D eigenvalue weighted by molar-refractivity contribution is 0.0176. The van der Waals surface area contributed by atoms with Crippen molar-refractivity contribution in [2.24, 2.45) is 7.05 Å². The Morgan fingerprint density at radius 2 is 2.27 bits per heavy atom. The van der Waals surface area contributed by atoms with Crippen LogP contribution in [0.5, 0.6) is 0 Å². The van der Waals surface area contributed by atoms with Gasteiger partial charge in [-0.2, -0.15) is 5.10 Å². The number of methoxy groups -OCH3 is 1. The molecular weight excluding hydrogens is 192 g/mol. The van der Waals surface area contributed by atoms with Crippen LogP contribution >= 0.6 is 0 Å². The molecule has 0 aliphatic carbocycles. The second kappa shape index (κ2) is 5.28. The van der Waals surface area contributed by atoms with Gasteiger partial charge in [-0.15, -0.1) is 0 Å². The Morgan fingerprint density at radius 3 is 2.80 bits per heavy atom. The zero-order valence-electron chi connectivity index (χ0n) is 9.73. The summed E-state index contributed by atoms with van der Waals surface area (Å²) >= 11 is 0. The van der Waals surface area contributed by atoms with Crippen molar-refractivity contribution in [2.45, 2.75) is 31.8 Å². The Hall–Kier alpha value is -0.870. The standard InChI is InChI=1S/C11H20N2O2/c1-11(14,6-7-15-3)5-4-10-8-12-13(2)9-10/h8-9,14H,4-7H2,1-3H3. The number of hydrogen-bond donors (Lipinski definition) is 1. The molecule has 4 nitrogen and oxygen atoms in total. The van der Waals surface area contributed by atoms with E-state index >= 15 is 0 Å². The minimum absolute atomic E-state index is 0.597. The van der Waals surface area contributed by atoms with E-state index in [4.69, 9.17) is 4.74 Å². The van der Waals surface area contributed by atoms with Gasteiger partial charge < -0.3 is 9.84 Å². The predicted molar refractivity (Wildman–Crippen MR) is 58.6 cm³/mol. The maximum atomic E-state index is 10.0. The van der Waals surface area contributed by atoms with Gasteiger partial charge in [0.2, 0.25) is 0 Å². The van der Waals surface area contributed by atoms with Crippen molar-refractivity contribution < 1.29 is 9.84 Å². The molecule has 1 aromatic rings. The van der Waals surface area contributed by atoms with Gasteiger partial charge >= 0.3 is 0 Å². The SMILES string of the molecule is COCCC(C)(O)CCc1cnn(C)c1. The highest BCUT2D eigenvalue weighted by Gasteiger charge is 2.19. The first kappa shape index (κ1) is 12.2. The van der Waals surface area contributed by atoms with Gasteiger partial charge in [0.05, 0.1) is 11.8 Å². The number of aliphatic hydroxyl groups is 1. The van der Waals surface area contributed by atoms with Gasteiger partial charge in [-0.1, -0.05) is 0 Å². The van der Waals surface area contributed by atoms with E-state index in [0.29, 0.717) is 13.0 Å². The van der Waals surface area contributed by atoms with Gasteiger partial charge in [-0.3, -0.25) is 4.68 Å². The molecule has 0 aromatic carbocycles. The van der Waals surface area contributed by atoms with Crippen LogP contribution in [0.4, 0.5) is 0 Å². The van der Waals surface area contributed by atoms with Crippen molar-refractivity contribution >= 4 is 0 Å². The molecule has 1 atom stereocenters. The molecule has 0 radical (unpaired) electrons. The van der Waals surface area contributed by atoms with Crippen LogP contribution in [0.2, 0.25) is 0 Å². The summed E-state index contributed by atoms with van der Waals surface area (Å²) in [5, 5.41) is 14.1. The number of rotatable bonds is 6. The summed E-state index contributed by atoms with van der Waals surface area (Å²) in [5.41, 5.74) is 0.515. The number of hydrogen-bond acceptors (Lipinski definition) is 3.